The van der Waals surface area contributed by atoms with Crippen molar-refractivity contribution in [1.82, 2.24) is 0 Å². The van der Waals surface area contributed by atoms with Crippen LogP contribution in [0.15, 0.2) is 29.8 Å². The van der Waals surface area contributed by atoms with Gasteiger partial charge in [-0.1, -0.05) is 30.3 Å². The van der Waals surface area contributed by atoms with Gasteiger partial charge in [-0.15, -0.1) is 0 Å². The fourth-order valence-corrected chi connectivity index (χ4v) is 1.29. The predicted molar refractivity (Wildman–Crippen MR) is 61.3 cm³/mol. The van der Waals surface area contributed by atoms with Crippen molar-refractivity contribution < 1.29 is 4.92 Å². The van der Waals surface area contributed by atoms with E-state index in [1.807, 2.05) is 0 Å². The fourth-order valence-electron chi connectivity index (χ4n) is 1.22. The molecule has 1 aromatic rings. The molecular formula is C10H11ClN2O2. The van der Waals surface area contributed by atoms with Gasteiger partial charge in [-0.05, 0) is 12.5 Å². The van der Waals surface area contributed by atoms with Crippen molar-refractivity contribution in [2.24, 2.45) is 0 Å². The number of nitro groups is 1. The molecule has 0 saturated carbocycles. The maximum Gasteiger partial charge on any atom is 0.292 e. The molecule has 0 aromatic heterocycles. The van der Waals surface area contributed by atoms with Crippen molar-refractivity contribution in [3.05, 3.63) is 45.5 Å². The normalized spacial score (nSPS) is 9.73. The van der Waals surface area contributed by atoms with Gasteiger partial charge in [0.15, 0.2) is 0 Å². The molecule has 0 atom stereocenters. The SMILES string of the molecule is C=C(Cl)CNc1c(C)cccc1[N+](=O)[O-]. The minimum absolute atomic E-state index is 0.0490. The average molecular weight is 227 g/mol. The Morgan fingerprint density at radius 3 is 2.87 bits per heavy atom. The lowest BCUT2D eigenvalue weighted by Crippen LogP contribution is -2.05. The first-order valence-electron chi connectivity index (χ1n) is 4.33. The molecule has 5 heteroatoms. The first-order valence-corrected chi connectivity index (χ1v) is 4.71. The highest BCUT2D eigenvalue weighted by Gasteiger charge is 2.14. The Labute approximate surface area is 92.7 Å². The molecule has 0 spiro atoms. The van der Waals surface area contributed by atoms with Crippen LogP contribution in [0.25, 0.3) is 0 Å². The molecular weight excluding hydrogens is 216 g/mol. The fraction of sp³-hybridized carbons (Fsp3) is 0.200. The van der Waals surface area contributed by atoms with Crippen molar-refractivity contribution >= 4 is 23.0 Å². The van der Waals surface area contributed by atoms with E-state index >= 15 is 0 Å². The van der Waals surface area contributed by atoms with Gasteiger partial charge < -0.3 is 5.32 Å². The van der Waals surface area contributed by atoms with E-state index in [1.54, 1.807) is 19.1 Å². The van der Waals surface area contributed by atoms with Crippen LogP contribution in [0.1, 0.15) is 5.56 Å². The number of hydrogen-bond donors (Lipinski definition) is 1. The molecule has 80 valence electrons. The van der Waals surface area contributed by atoms with Crippen LogP contribution < -0.4 is 5.32 Å². The van der Waals surface area contributed by atoms with Gasteiger partial charge in [-0.25, -0.2) is 0 Å². The predicted octanol–water partition coefficient (Wildman–Crippen LogP) is 3.07. The van der Waals surface area contributed by atoms with Crippen LogP contribution in [0.3, 0.4) is 0 Å². The van der Waals surface area contributed by atoms with Crippen LogP contribution >= 0.6 is 11.6 Å². The highest BCUT2D eigenvalue weighted by atomic mass is 35.5. The molecule has 4 nitrogen and oxygen atoms in total. The van der Waals surface area contributed by atoms with Crippen LogP contribution in [0.5, 0.6) is 0 Å². The van der Waals surface area contributed by atoms with Crippen LogP contribution in [0.2, 0.25) is 0 Å². The number of aryl methyl sites for hydroxylation is 1. The molecule has 0 amide bonds. The third-order valence-corrected chi connectivity index (χ3v) is 2.04. The Hall–Kier alpha value is -1.55. The zero-order valence-corrected chi connectivity index (χ0v) is 9.04. The Morgan fingerprint density at radius 1 is 1.67 bits per heavy atom. The number of nitro benzene ring substituents is 1. The van der Waals surface area contributed by atoms with Crippen LogP contribution in [-0.4, -0.2) is 11.5 Å². The first-order chi connectivity index (χ1) is 7.02. The molecule has 0 heterocycles. The molecule has 15 heavy (non-hydrogen) atoms. The number of nitrogens with one attached hydrogen (secondary N) is 1. The van der Waals surface area contributed by atoms with Gasteiger partial charge in [0.25, 0.3) is 5.69 Å². The summed E-state index contributed by atoms with van der Waals surface area (Å²) in [5.41, 5.74) is 1.35. The number of anilines is 1. The zero-order chi connectivity index (χ0) is 11.4. The Bertz CT molecular complexity index is 404. The zero-order valence-electron chi connectivity index (χ0n) is 8.29. The topological polar surface area (TPSA) is 55.2 Å². The van der Waals surface area contributed by atoms with E-state index in [2.05, 4.69) is 11.9 Å². The summed E-state index contributed by atoms with van der Waals surface area (Å²) in [6, 6.07) is 4.90. The lowest BCUT2D eigenvalue weighted by molar-refractivity contribution is -0.384. The minimum Gasteiger partial charge on any atom is -0.374 e. The largest absolute Gasteiger partial charge is 0.374 e. The van der Waals surface area contributed by atoms with Crippen molar-refractivity contribution in [2.75, 3.05) is 11.9 Å². The maximum atomic E-state index is 10.7. The van der Waals surface area contributed by atoms with E-state index in [1.165, 1.54) is 6.07 Å². The van der Waals surface area contributed by atoms with E-state index in [0.29, 0.717) is 17.3 Å². The number of rotatable bonds is 4. The minimum atomic E-state index is -0.424. The molecule has 1 rings (SSSR count). The van der Waals surface area contributed by atoms with Gasteiger partial charge in [-0.3, -0.25) is 10.1 Å². The van der Waals surface area contributed by atoms with Crippen molar-refractivity contribution in [1.29, 1.82) is 0 Å². The maximum absolute atomic E-state index is 10.7. The Kier molecular flexibility index (Phi) is 3.68. The van der Waals surface area contributed by atoms with E-state index in [0.717, 1.165) is 5.56 Å². The summed E-state index contributed by atoms with van der Waals surface area (Å²) < 4.78 is 0. The summed E-state index contributed by atoms with van der Waals surface area (Å²) in [5, 5.41) is 14.0. The molecule has 1 N–H and O–H groups in total. The van der Waals surface area contributed by atoms with Crippen LogP contribution in [0.4, 0.5) is 11.4 Å². The van der Waals surface area contributed by atoms with Crippen LogP contribution in [0, 0.1) is 17.0 Å². The standard InChI is InChI=1S/C10H11ClN2O2/c1-7-4-3-5-9(13(14)15)10(7)12-6-8(2)11/h3-5,12H,2,6H2,1H3. The first kappa shape index (κ1) is 11.5. The molecule has 0 bridgehead atoms. The number of halogens is 1. The monoisotopic (exact) mass is 226 g/mol. The molecule has 0 aliphatic carbocycles. The van der Waals surface area contributed by atoms with E-state index in [4.69, 9.17) is 11.6 Å². The van der Waals surface area contributed by atoms with E-state index < -0.39 is 4.92 Å². The molecule has 1 aromatic carbocycles. The third kappa shape index (κ3) is 2.95. The van der Waals surface area contributed by atoms with Gasteiger partial charge in [0, 0.05) is 11.1 Å². The van der Waals surface area contributed by atoms with Crippen LogP contribution in [-0.2, 0) is 0 Å². The summed E-state index contributed by atoms with van der Waals surface area (Å²) in [4.78, 5) is 10.3. The average Bonchev–Trinajstić information content (AvgIpc) is 2.15. The van der Waals surface area contributed by atoms with E-state index in [9.17, 15) is 10.1 Å². The second-order valence-electron chi connectivity index (χ2n) is 3.10. The molecule has 0 radical (unpaired) electrons. The number of nitrogens with zero attached hydrogens (tertiary/aromatic N) is 1. The molecule has 0 unspecified atom stereocenters. The van der Waals surface area contributed by atoms with E-state index in [-0.39, 0.29) is 5.69 Å². The lowest BCUT2D eigenvalue weighted by Gasteiger charge is -2.08. The molecule has 0 aliphatic rings. The van der Waals surface area contributed by atoms with Gasteiger partial charge in [-0.2, -0.15) is 0 Å². The van der Waals surface area contributed by atoms with Gasteiger partial charge >= 0.3 is 0 Å². The van der Waals surface area contributed by atoms with Gasteiger partial charge in [0.2, 0.25) is 0 Å². The van der Waals surface area contributed by atoms with Crippen molar-refractivity contribution in [2.45, 2.75) is 6.92 Å². The second-order valence-corrected chi connectivity index (χ2v) is 3.63. The summed E-state index contributed by atoms with van der Waals surface area (Å²) >= 11 is 5.59. The van der Waals surface area contributed by atoms with Crippen molar-refractivity contribution in [3.8, 4) is 0 Å². The summed E-state index contributed by atoms with van der Waals surface area (Å²) in [6.07, 6.45) is 0. The number of benzene rings is 1. The smallest absolute Gasteiger partial charge is 0.292 e. The molecule has 0 saturated heterocycles. The molecule has 0 aliphatic heterocycles. The Morgan fingerprint density at radius 2 is 2.33 bits per heavy atom. The molecule has 0 fully saturated rings. The quantitative estimate of drug-likeness (QED) is 0.634. The number of para-hydroxylation sites is 1. The Balaban J connectivity index is 3.02. The highest BCUT2D eigenvalue weighted by Crippen LogP contribution is 2.27. The summed E-state index contributed by atoms with van der Waals surface area (Å²) in [6.45, 7) is 5.62. The third-order valence-electron chi connectivity index (χ3n) is 1.90. The highest BCUT2D eigenvalue weighted by molar-refractivity contribution is 6.29. The summed E-state index contributed by atoms with van der Waals surface area (Å²) in [7, 11) is 0. The number of hydrogen-bond acceptors (Lipinski definition) is 3. The van der Waals surface area contributed by atoms with Crippen molar-refractivity contribution in [3.63, 3.8) is 0 Å². The van der Waals surface area contributed by atoms with Gasteiger partial charge in [0.1, 0.15) is 5.69 Å². The second kappa shape index (κ2) is 4.79. The lowest BCUT2D eigenvalue weighted by atomic mass is 10.1. The summed E-state index contributed by atoms with van der Waals surface area (Å²) in [5.74, 6) is 0. The van der Waals surface area contributed by atoms with Gasteiger partial charge in [0.05, 0.1) is 11.5 Å².